The molecule has 4 nitrogen and oxygen atoms in total. The molecule has 0 aliphatic heterocycles. The van der Waals surface area contributed by atoms with Gasteiger partial charge in [0, 0.05) is 19.1 Å². The van der Waals surface area contributed by atoms with E-state index in [4.69, 9.17) is 4.98 Å². The molecule has 1 aromatic carbocycles. The van der Waals surface area contributed by atoms with E-state index in [-0.39, 0.29) is 31.0 Å². The van der Waals surface area contributed by atoms with Crippen molar-refractivity contribution >= 4 is 18.1 Å². The Balaban J connectivity index is 0.00000150. The maximum atomic E-state index is 4.70. The normalized spacial score (nSPS) is 14.8. The van der Waals surface area contributed by atoms with Crippen molar-refractivity contribution < 1.29 is 36.0 Å². The van der Waals surface area contributed by atoms with E-state index >= 15 is 0 Å². The van der Waals surface area contributed by atoms with Crippen LogP contribution < -0.4 is 27.4 Å². The second-order valence-electron chi connectivity index (χ2n) is 7.14. The predicted octanol–water partition coefficient (Wildman–Crippen LogP) is -0.224. The zero-order valence-electron chi connectivity index (χ0n) is 16.3. The molecule has 0 bridgehead atoms. The molecule has 0 spiro atoms. The molecular formula is C23H25ClN4V. The van der Waals surface area contributed by atoms with Gasteiger partial charge in [0.1, 0.15) is 6.21 Å². The first kappa shape index (κ1) is 23.3. The molecule has 3 aromatic rings. The van der Waals surface area contributed by atoms with Crippen LogP contribution in [0.3, 0.4) is 0 Å². The van der Waals surface area contributed by atoms with Crippen LogP contribution in [0.15, 0.2) is 59.6 Å². The van der Waals surface area contributed by atoms with E-state index in [0.717, 1.165) is 34.9 Å². The minimum absolute atomic E-state index is 0. The monoisotopic (exact) mass is 443 g/mol. The Morgan fingerprint density at radius 1 is 0.862 bits per heavy atom. The number of benzene rings is 1. The third-order valence-corrected chi connectivity index (χ3v) is 4.97. The van der Waals surface area contributed by atoms with Gasteiger partial charge in [0.25, 0.3) is 0 Å². The first-order valence-corrected chi connectivity index (χ1v) is 9.79. The molecule has 1 radical (unpaired) electrons. The maximum absolute atomic E-state index is 4.70. The van der Waals surface area contributed by atoms with Crippen molar-refractivity contribution in [3.05, 3.63) is 77.4 Å². The molecule has 0 atom stereocenters. The van der Waals surface area contributed by atoms with Crippen LogP contribution in [0.1, 0.15) is 54.9 Å². The van der Waals surface area contributed by atoms with E-state index in [2.05, 4.69) is 33.3 Å². The van der Waals surface area contributed by atoms with Gasteiger partial charge in [-0.25, -0.2) is 4.99 Å². The molecule has 0 amide bonds. The van der Waals surface area contributed by atoms with E-state index in [0.29, 0.717) is 6.04 Å². The summed E-state index contributed by atoms with van der Waals surface area (Å²) in [6, 6.07) is 18.7. The number of aromatic nitrogens is 2. The zero-order valence-corrected chi connectivity index (χ0v) is 18.5. The van der Waals surface area contributed by atoms with Crippen LogP contribution in [-0.4, -0.2) is 18.5 Å². The van der Waals surface area contributed by atoms with Gasteiger partial charge >= 0.3 is 18.6 Å². The molecule has 1 fully saturated rings. The number of rotatable bonds is 6. The largest absolute Gasteiger partial charge is 2.00 e. The van der Waals surface area contributed by atoms with E-state index in [1.165, 1.54) is 32.1 Å². The number of nitrogens with zero attached hydrogens (tertiary/aromatic N) is 3. The summed E-state index contributed by atoms with van der Waals surface area (Å²) in [5.74, 6) is 0. The molecule has 2 heterocycles. The quantitative estimate of drug-likeness (QED) is 0.535. The number of aliphatic imine (C=N–C) groups is 1. The number of nitrogens with one attached hydrogen (secondary N) is 1. The van der Waals surface area contributed by atoms with Gasteiger partial charge in [0.2, 0.25) is 0 Å². The Hall–Kier alpha value is -2.01. The van der Waals surface area contributed by atoms with Crippen LogP contribution >= 0.6 is 0 Å². The molecule has 0 unspecified atom stereocenters. The van der Waals surface area contributed by atoms with Crippen molar-refractivity contribution in [2.24, 2.45) is 4.99 Å². The summed E-state index contributed by atoms with van der Waals surface area (Å²) in [7, 11) is 0. The molecule has 1 N–H and O–H groups in total. The fourth-order valence-electron chi connectivity index (χ4n) is 3.51. The molecule has 1 aliphatic rings. The molecule has 0 saturated heterocycles. The van der Waals surface area contributed by atoms with Crippen molar-refractivity contribution in [2.75, 3.05) is 0 Å². The third-order valence-electron chi connectivity index (χ3n) is 4.97. The van der Waals surface area contributed by atoms with Crippen LogP contribution in [0.25, 0.3) is 0 Å². The van der Waals surface area contributed by atoms with Gasteiger partial charge < -0.3 is 22.4 Å². The van der Waals surface area contributed by atoms with E-state index in [1.807, 2.05) is 48.7 Å². The topological polar surface area (TPSA) is 54.5 Å². The van der Waals surface area contributed by atoms with Crippen LogP contribution in [0.4, 0.5) is 5.69 Å². The molecule has 4 rings (SSSR count). The molecule has 6 heteroatoms. The number of para-hydroxylation sites is 1. The van der Waals surface area contributed by atoms with Crippen molar-refractivity contribution in [1.82, 2.24) is 9.97 Å². The first-order valence-electron chi connectivity index (χ1n) is 9.79. The standard InChI is InChI=1S/C23H24N4.ClH.V/c1-3-7-18(8-4-1)24-16-22-13-11-20(26-22)15-21-12-14-23(27-21)17-25-19-9-5-2-6-10-19;;/h1,3-4,7-8,11-14,16-17,19H,2,5-6,9-10,15H2;1H;/q-2;;+2. The predicted molar refractivity (Wildman–Crippen MR) is 109 cm³/mol. The van der Waals surface area contributed by atoms with Crippen LogP contribution in [-0.2, 0) is 25.0 Å². The molecular weight excluding hydrogens is 419 g/mol. The van der Waals surface area contributed by atoms with Gasteiger partial charge in [-0.05, 0) is 31.4 Å². The van der Waals surface area contributed by atoms with Crippen LogP contribution in [0.2, 0.25) is 0 Å². The van der Waals surface area contributed by atoms with E-state index in [1.54, 1.807) is 0 Å². The maximum Gasteiger partial charge on any atom is 2.00 e. The molecule has 1 saturated carbocycles. The Labute approximate surface area is 190 Å². The van der Waals surface area contributed by atoms with Crippen molar-refractivity contribution in [2.45, 2.75) is 44.6 Å². The van der Waals surface area contributed by atoms with Crippen molar-refractivity contribution in [3.8, 4) is 0 Å². The average Bonchev–Trinajstić information content (AvgIpc) is 3.36. The second-order valence-corrected chi connectivity index (χ2v) is 7.14. The number of halogens is 1. The van der Waals surface area contributed by atoms with Gasteiger partial charge in [-0.2, -0.15) is 11.4 Å². The van der Waals surface area contributed by atoms with Gasteiger partial charge in [-0.3, -0.25) is 4.99 Å². The third kappa shape index (κ3) is 7.07. The first-order chi connectivity index (χ1) is 13.3. The average molecular weight is 444 g/mol. The second kappa shape index (κ2) is 11.9. The summed E-state index contributed by atoms with van der Waals surface area (Å²) in [6.07, 6.45) is 11.2. The summed E-state index contributed by atoms with van der Waals surface area (Å²) in [5, 5.41) is 0. The SMILES string of the molecule is C(=Nc1ccccc1)c1ccc(Cc2ccc(C=[NH+]C3CCCCC3)[n-]2)[n-]1.[Cl-].[V+2]. The van der Waals surface area contributed by atoms with Gasteiger partial charge in [-0.15, -0.1) is 5.69 Å². The zero-order chi connectivity index (χ0) is 18.3. The smallest absolute Gasteiger partial charge is 1.00 e. The summed E-state index contributed by atoms with van der Waals surface area (Å²) in [4.78, 5) is 17.3. The Kier molecular flexibility index (Phi) is 9.52. The fourth-order valence-corrected chi connectivity index (χ4v) is 3.51. The Morgan fingerprint density at radius 2 is 1.52 bits per heavy atom. The number of hydrogen-bond acceptors (Lipinski definition) is 1. The molecule has 2 aromatic heterocycles. The summed E-state index contributed by atoms with van der Waals surface area (Å²) in [6.45, 7) is 0. The molecule has 149 valence electrons. The Morgan fingerprint density at radius 3 is 2.24 bits per heavy atom. The van der Waals surface area contributed by atoms with Crippen LogP contribution in [0, 0.1) is 0 Å². The van der Waals surface area contributed by atoms with Crippen LogP contribution in [0.5, 0.6) is 0 Å². The fraction of sp³-hybridized carbons (Fsp3) is 0.304. The van der Waals surface area contributed by atoms with Crippen molar-refractivity contribution in [1.29, 1.82) is 0 Å². The van der Waals surface area contributed by atoms with E-state index in [9.17, 15) is 0 Å². The number of hydrogen-bond donors (Lipinski definition) is 1. The van der Waals surface area contributed by atoms with E-state index < -0.39 is 0 Å². The summed E-state index contributed by atoms with van der Waals surface area (Å²) in [5.41, 5.74) is 4.90. The van der Waals surface area contributed by atoms with Crippen molar-refractivity contribution in [3.63, 3.8) is 0 Å². The molecule has 29 heavy (non-hydrogen) atoms. The minimum Gasteiger partial charge on any atom is -1.00 e. The summed E-state index contributed by atoms with van der Waals surface area (Å²) >= 11 is 0. The summed E-state index contributed by atoms with van der Waals surface area (Å²) < 4.78 is 0. The minimum atomic E-state index is 0. The van der Waals surface area contributed by atoms with Gasteiger partial charge in [0.05, 0.1) is 5.69 Å². The molecule has 1 aliphatic carbocycles. The van der Waals surface area contributed by atoms with Gasteiger partial charge in [0.15, 0.2) is 6.04 Å². The van der Waals surface area contributed by atoms with Gasteiger partial charge in [-0.1, -0.05) is 54.6 Å². The Bertz CT molecular complexity index is 908.